The third-order valence-electron chi connectivity index (χ3n) is 15.2. The van der Waals surface area contributed by atoms with Crippen molar-refractivity contribution in [2.75, 3.05) is 26.2 Å². The number of guanidine groups is 2. The topological polar surface area (TPSA) is 461 Å². The van der Waals surface area contributed by atoms with Gasteiger partial charge in [-0.1, -0.05) is 60.7 Å². The quantitative estimate of drug-likeness (QED) is 0.0193. The molecule has 29 nitrogen and oxygen atoms in total. The summed E-state index contributed by atoms with van der Waals surface area (Å²) in [6.45, 7) is 4.52. The fourth-order valence-electron chi connectivity index (χ4n) is 10.7. The predicted molar refractivity (Wildman–Crippen MR) is 321 cm³/mol. The van der Waals surface area contributed by atoms with Crippen LogP contribution in [0.2, 0.25) is 0 Å². The minimum absolute atomic E-state index is 0.0260. The fourth-order valence-corrected chi connectivity index (χ4v) is 10.7. The molecule has 0 radical (unpaired) electrons. The highest BCUT2D eigenvalue weighted by molar-refractivity contribution is 6.00. The van der Waals surface area contributed by atoms with Crippen molar-refractivity contribution in [1.29, 1.82) is 0 Å². The van der Waals surface area contributed by atoms with E-state index in [0.717, 1.165) is 5.52 Å². The van der Waals surface area contributed by atoms with E-state index in [1.807, 2.05) is 18.2 Å². The van der Waals surface area contributed by atoms with Gasteiger partial charge in [0.05, 0.1) is 0 Å². The number of primary amides is 1. The van der Waals surface area contributed by atoms with E-state index < -0.39 is 125 Å². The highest BCUT2D eigenvalue weighted by atomic mass is 16.2. The first-order valence-corrected chi connectivity index (χ1v) is 29.2. The second-order valence-corrected chi connectivity index (χ2v) is 21.9. The smallest absolute Gasteiger partial charge is 0.246 e. The molecule has 2 saturated heterocycles. The number of nitrogens with zero attached hydrogens (tertiary/aromatic N) is 4. The Balaban J connectivity index is 1.36. The summed E-state index contributed by atoms with van der Waals surface area (Å²) in [7, 11) is 0. The van der Waals surface area contributed by atoms with Crippen LogP contribution in [0.15, 0.2) is 82.9 Å². The van der Waals surface area contributed by atoms with Crippen LogP contribution in [-0.4, -0.2) is 178 Å². The molecule has 87 heavy (non-hydrogen) atoms. The van der Waals surface area contributed by atoms with E-state index >= 15 is 9.59 Å². The number of hydrogen-bond donors (Lipinski definition) is 14. The number of nitrogens with one attached hydrogen (secondary N) is 9. The van der Waals surface area contributed by atoms with Gasteiger partial charge in [0.15, 0.2) is 11.9 Å². The molecule has 11 amide bonds. The molecule has 0 aliphatic carbocycles. The van der Waals surface area contributed by atoms with Crippen molar-refractivity contribution >= 4 is 87.8 Å². The third kappa shape index (κ3) is 19.5. The Morgan fingerprint density at radius 3 is 2.01 bits per heavy atom. The molecule has 3 aliphatic rings. The average molecular weight is 1210 g/mol. The number of hydrogen-bond acceptors (Lipinski definition) is 13. The lowest BCUT2D eigenvalue weighted by molar-refractivity contribution is -0.143. The fraction of sp³-hybridized carbons (Fsp3) is 0.500. The Bertz CT molecular complexity index is 3070. The maximum Gasteiger partial charge on any atom is 0.246 e. The predicted octanol–water partition coefficient (Wildman–Crippen LogP) is -3.18. The lowest BCUT2D eigenvalue weighted by atomic mass is 10.0. The van der Waals surface area contributed by atoms with Crippen molar-refractivity contribution < 1.29 is 52.7 Å². The van der Waals surface area contributed by atoms with Crippen molar-refractivity contribution in [3.8, 4) is 0 Å². The minimum atomic E-state index is -1.52. The van der Waals surface area contributed by atoms with Crippen LogP contribution in [-0.2, 0) is 65.6 Å². The SMILES string of the molecule is CC(=O)N[C@@H](C)C(=O)N[C@@H](CCCN=C(N)N)C(=O)N[C@@H](Cc1c[nH]c2ccccc12)C(=O)N[C@H]1C/C=C\C[C@@H](C(=O)N2CCC[C@H]2C(=O)N[C@@H](CCCN=C(N)N)C(N)=O)NC(=O)[C@H](C)NC(=O)[C@@H]2CCCN2C(=O)[C@H](Cc2ccccc2)NC1=O. The largest absolute Gasteiger partial charge is 0.370 e. The van der Waals surface area contributed by atoms with E-state index in [9.17, 15) is 43.2 Å². The molecule has 29 heteroatoms. The molecule has 3 aliphatic heterocycles. The Morgan fingerprint density at radius 2 is 1.33 bits per heavy atom. The number of fused-ring (bicyclic) bond motifs is 2. The van der Waals surface area contributed by atoms with Gasteiger partial charge in [0.1, 0.15) is 60.4 Å². The molecular formula is C58H82N18O11. The number of para-hydroxylation sites is 1. The first-order valence-electron chi connectivity index (χ1n) is 29.2. The molecule has 470 valence electrons. The Hall–Kier alpha value is -9.57. The lowest BCUT2D eigenvalue weighted by Gasteiger charge is -2.31. The second-order valence-electron chi connectivity index (χ2n) is 21.9. The number of aromatic amines is 1. The summed E-state index contributed by atoms with van der Waals surface area (Å²) in [4.78, 5) is 168. The van der Waals surface area contributed by atoms with E-state index in [1.165, 1.54) is 42.7 Å². The van der Waals surface area contributed by atoms with Gasteiger partial charge in [-0.25, -0.2) is 0 Å². The molecule has 4 heterocycles. The van der Waals surface area contributed by atoms with Gasteiger partial charge in [0, 0.05) is 63.0 Å². The standard InChI is InChI=1S/C58H82N18O11/c1-32(67-34(3)77)48(79)70-41(22-12-26-65-58(62)63)50(81)73-43(30-36-31-66-38-18-8-7-17-37(36)38)52(83)71-40-19-9-10-20-42(55(86)75-27-14-24-46(75)54(85)69-39(47(59)78)21-11-25-64-57(60)61)72-49(80)33(2)68-53(84)45-23-13-28-76(45)56(87)44(74-51(40)82)29-35-15-5-4-6-16-35/h4-10,15-18,31-33,39-46,66H,11-14,19-30H2,1-3H3,(H2,59,78)(H,67,77)(H,68,84)(H,69,85)(H,70,79)(H,71,83)(H,72,80)(H,73,81)(H,74,82)(H4,60,61,64)(H4,62,63,65)/b10-9-/t32-,33-,39-,40-,41-,42-,43-,44-,45-,46-/m0/s1. The zero-order chi connectivity index (χ0) is 63.3. The van der Waals surface area contributed by atoms with Crippen molar-refractivity contribution in [3.63, 3.8) is 0 Å². The van der Waals surface area contributed by atoms with Crippen LogP contribution in [0.25, 0.3) is 10.9 Å². The monoisotopic (exact) mass is 1210 g/mol. The molecule has 0 saturated carbocycles. The lowest BCUT2D eigenvalue weighted by Crippen LogP contribution is -2.60. The van der Waals surface area contributed by atoms with Gasteiger partial charge in [0.2, 0.25) is 65.0 Å². The maximum atomic E-state index is 15.1. The number of rotatable bonds is 23. The first-order chi connectivity index (χ1) is 41.5. The molecule has 6 rings (SSSR count). The van der Waals surface area contributed by atoms with Gasteiger partial charge in [-0.2, -0.15) is 0 Å². The molecule has 1 aromatic heterocycles. The van der Waals surface area contributed by atoms with Crippen molar-refractivity contribution in [1.82, 2.24) is 57.3 Å². The molecule has 3 aromatic rings. The van der Waals surface area contributed by atoms with Crippen LogP contribution >= 0.6 is 0 Å². The summed E-state index contributed by atoms with van der Waals surface area (Å²) in [5.74, 6) is -8.29. The molecule has 2 aromatic carbocycles. The summed E-state index contributed by atoms with van der Waals surface area (Å²) < 4.78 is 0. The first kappa shape index (κ1) is 66.6. The third-order valence-corrected chi connectivity index (χ3v) is 15.2. The Kier molecular flexibility index (Phi) is 24.5. The summed E-state index contributed by atoms with van der Waals surface area (Å²) >= 11 is 0. The Morgan fingerprint density at radius 1 is 0.690 bits per heavy atom. The van der Waals surface area contributed by atoms with Gasteiger partial charge in [-0.3, -0.25) is 62.7 Å². The van der Waals surface area contributed by atoms with Crippen molar-refractivity contribution in [3.05, 3.63) is 84.1 Å². The zero-order valence-electron chi connectivity index (χ0n) is 49.2. The summed E-state index contributed by atoms with van der Waals surface area (Å²) in [6.07, 6.45) is 5.66. The Labute approximate surface area is 503 Å². The second kappa shape index (κ2) is 32.1. The average Bonchev–Trinajstić information content (AvgIpc) is 2.24. The molecule has 0 spiro atoms. The van der Waals surface area contributed by atoms with E-state index in [4.69, 9.17) is 28.7 Å². The van der Waals surface area contributed by atoms with E-state index in [0.29, 0.717) is 35.8 Å². The van der Waals surface area contributed by atoms with E-state index in [2.05, 4.69) is 57.5 Å². The van der Waals surface area contributed by atoms with Gasteiger partial charge in [-0.15, -0.1) is 0 Å². The number of aliphatic imine (C=N–C) groups is 2. The summed E-state index contributed by atoms with van der Waals surface area (Å²) in [5.41, 5.74) is 29.6. The highest BCUT2D eigenvalue weighted by Gasteiger charge is 2.42. The molecule has 0 unspecified atom stereocenters. The summed E-state index contributed by atoms with van der Waals surface area (Å²) in [5, 5.41) is 22.4. The van der Waals surface area contributed by atoms with Gasteiger partial charge in [0.25, 0.3) is 0 Å². The van der Waals surface area contributed by atoms with Crippen molar-refractivity contribution in [2.45, 2.75) is 158 Å². The van der Waals surface area contributed by atoms with Gasteiger partial charge in [-0.05, 0) is 95.2 Å². The number of carbonyl (C=O) groups excluding carboxylic acids is 11. The number of likely N-dealkylation sites (tertiary alicyclic amines) is 1. The number of aromatic nitrogens is 1. The normalized spacial score (nSPS) is 21.8. The number of H-pyrrole nitrogens is 1. The van der Waals surface area contributed by atoms with Crippen molar-refractivity contribution in [2.24, 2.45) is 38.7 Å². The summed E-state index contributed by atoms with van der Waals surface area (Å²) in [6, 6.07) is 3.52. The number of carbonyl (C=O) groups is 11. The number of benzene rings is 2. The maximum absolute atomic E-state index is 15.1. The number of amides is 11. The van der Waals surface area contributed by atoms with Crippen LogP contribution in [0.5, 0.6) is 0 Å². The van der Waals surface area contributed by atoms with E-state index in [-0.39, 0.29) is 95.9 Å². The van der Waals surface area contributed by atoms with Crippen LogP contribution in [0.1, 0.15) is 96.1 Å². The van der Waals surface area contributed by atoms with Crippen LogP contribution in [0.4, 0.5) is 0 Å². The van der Waals surface area contributed by atoms with Crippen LogP contribution < -0.4 is 71.2 Å². The molecule has 2 fully saturated rings. The van der Waals surface area contributed by atoms with Crippen LogP contribution in [0, 0.1) is 0 Å². The van der Waals surface area contributed by atoms with Gasteiger partial charge >= 0.3 is 0 Å². The zero-order valence-corrected chi connectivity index (χ0v) is 49.2. The molecule has 10 atom stereocenters. The van der Waals surface area contributed by atoms with E-state index in [1.54, 1.807) is 42.6 Å². The highest BCUT2D eigenvalue weighted by Crippen LogP contribution is 2.24. The molecule has 0 bridgehead atoms. The number of nitrogens with two attached hydrogens (primary N) is 5. The minimum Gasteiger partial charge on any atom is -0.370 e. The van der Waals surface area contributed by atoms with Gasteiger partial charge < -0.3 is 86.0 Å². The molecule has 19 N–H and O–H groups in total. The van der Waals surface area contributed by atoms with Crippen LogP contribution in [0.3, 0.4) is 0 Å². The molecular weight excluding hydrogens is 1120 g/mol.